The highest BCUT2D eigenvalue weighted by Gasteiger charge is 2.60. The van der Waals surface area contributed by atoms with Gasteiger partial charge < -0.3 is 0 Å². The molecule has 0 saturated carbocycles. The predicted molar refractivity (Wildman–Crippen MR) is 25.9 cm³/mol. The van der Waals surface area contributed by atoms with Gasteiger partial charge in [0.25, 0.3) is 0 Å². The standard InChI is InChI=1S/C5H5F6/c1-3(7)5(10,11)4(8,9)2-6/h2-3H,1H3. The van der Waals surface area contributed by atoms with Gasteiger partial charge in [0.15, 0.2) is 6.17 Å². The van der Waals surface area contributed by atoms with Crippen molar-refractivity contribution in [2.24, 2.45) is 0 Å². The molecule has 0 heterocycles. The first kappa shape index (κ1) is 10.6. The van der Waals surface area contributed by atoms with Crippen molar-refractivity contribution in [3.05, 3.63) is 6.67 Å². The summed E-state index contributed by atoms with van der Waals surface area (Å²) in [5.74, 6) is -10.0. The van der Waals surface area contributed by atoms with Crippen molar-refractivity contribution < 1.29 is 26.3 Å². The van der Waals surface area contributed by atoms with Gasteiger partial charge in [-0.05, 0) is 6.92 Å². The molecule has 1 radical (unpaired) electrons. The molecule has 0 aromatic heterocycles. The third kappa shape index (κ3) is 1.78. The maximum Gasteiger partial charge on any atom is 0.346 e. The van der Waals surface area contributed by atoms with Crippen molar-refractivity contribution in [1.29, 1.82) is 0 Å². The summed E-state index contributed by atoms with van der Waals surface area (Å²) < 4.78 is 70.2. The predicted octanol–water partition coefficient (Wildman–Crippen LogP) is 2.75. The van der Waals surface area contributed by atoms with Gasteiger partial charge in [-0.15, -0.1) is 0 Å². The van der Waals surface area contributed by atoms with Crippen LogP contribution in [-0.4, -0.2) is 18.0 Å². The summed E-state index contributed by atoms with van der Waals surface area (Å²) in [4.78, 5) is 0. The Morgan fingerprint density at radius 2 is 1.55 bits per heavy atom. The topological polar surface area (TPSA) is 0 Å². The minimum atomic E-state index is -5.04. The van der Waals surface area contributed by atoms with E-state index in [0.717, 1.165) is 0 Å². The summed E-state index contributed by atoms with van der Waals surface area (Å²) in [5, 5.41) is 0. The molecule has 0 fully saturated rings. The molecule has 0 spiro atoms. The Bertz CT molecular complexity index is 129. The van der Waals surface area contributed by atoms with Gasteiger partial charge in [-0.1, -0.05) is 0 Å². The van der Waals surface area contributed by atoms with E-state index in [-0.39, 0.29) is 6.92 Å². The van der Waals surface area contributed by atoms with Crippen molar-refractivity contribution >= 4 is 0 Å². The summed E-state index contributed by atoms with van der Waals surface area (Å²) in [6.45, 7) is -1.28. The second kappa shape index (κ2) is 2.91. The lowest BCUT2D eigenvalue weighted by molar-refractivity contribution is -0.225. The van der Waals surface area contributed by atoms with E-state index in [2.05, 4.69) is 0 Å². The van der Waals surface area contributed by atoms with Crippen LogP contribution in [0.15, 0.2) is 0 Å². The van der Waals surface area contributed by atoms with E-state index in [1.54, 1.807) is 0 Å². The smallest absolute Gasteiger partial charge is 0.241 e. The number of hydrogen-bond donors (Lipinski definition) is 0. The van der Waals surface area contributed by atoms with Gasteiger partial charge in [-0.3, -0.25) is 0 Å². The molecule has 0 aromatic rings. The lowest BCUT2D eigenvalue weighted by Gasteiger charge is -2.24. The summed E-state index contributed by atoms with van der Waals surface area (Å²) in [6.07, 6.45) is -3.09. The van der Waals surface area contributed by atoms with Crippen LogP contribution in [0.2, 0.25) is 0 Å². The first-order chi connectivity index (χ1) is 4.75. The molecule has 0 N–H and O–H groups in total. The van der Waals surface area contributed by atoms with Gasteiger partial charge in [0.2, 0.25) is 6.67 Å². The molecular weight excluding hydrogens is 174 g/mol. The van der Waals surface area contributed by atoms with Crippen LogP contribution in [0.1, 0.15) is 6.92 Å². The SMILES string of the molecule is CC(F)C(F)(F)C(F)(F)[CH]F. The van der Waals surface area contributed by atoms with Crippen molar-refractivity contribution in [2.75, 3.05) is 0 Å². The van der Waals surface area contributed by atoms with Crippen molar-refractivity contribution in [3.8, 4) is 0 Å². The van der Waals surface area contributed by atoms with Crippen LogP contribution in [0.3, 0.4) is 0 Å². The molecular formula is C5H5F6. The van der Waals surface area contributed by atoms with E-state index >= 15 is 0 Å². The molecule has 0 aliphatic carbocycles. The van der Waals surface area contributed by atoms with E-state index in [1.807, 2.05) is 0 Å². The van der Waals surface area contributed by atoms with Crippen molar-refractivity contribution in [3.63, 3.8) is 0 Å². The van der Waals surface area contributed by atoms with E-state index in [4.69, 9.17) is 0 Å². The Balaban J connectivity index is 4.53. The quantitative estimate of drug-likeness (QED) is 0.584. The maximum absolute atomic E-state index is 11.9. The molecule has 0 amide bonds. The van der Waals surface area contributed by atoms with Crippen molar-refractivity contribution in [2.45, 2.75) is 24.9 Å². The molecule has 0 aliphatic rings. The summed E-state index contributed by atoms with van der Waals surface area (Å²) in [5.41, 5.74) is 0. The first-order valence-corrected chi connectivity index (χ1v) is 2.60. The van der Waals surface area contributed by atoms with Gasteiger partial charge in [-0.2, -0.15) is 17.6 Å². The fourth-order valence-corrected chi connectivity index (χ4v) is 0.338. The monoisotopic (exact) mass is 179 g/mol. The number of rotatable bonds is 3. The molecule has 1 unspecified atom stereocenters. The Morgan fingerprint density at radius 3 is 1.64 bits per heavy atom. The number of hydrogen-bond acceptors (Lipinski definition) is 0. The lowest BCUT2D eigenvalue weighted by Crippen LogP contribution is -2.46. The largest absolute Gasteiger partial charge is 0.346 e. The molecule has 0 rings (SSSR count). The highest BCUT2D eigenvalue weighted by atomic mass is 19.3. The van der Waals surface area contributed by atoms with Crippen LogP contribution in [0.25, 0.3) is 0 Å². The fourth-order valence-electron chi connectivity index (χ4n) is 0.338. The van der Waals surface area contributed by atoms with Crippen LogP contribution in [0, 0.1) is 6.67 Å². The van der Waals surface area contributed by atoms with E-state index in [1.165, 1.54) is 0 Å². The van der Waals surface area contributed by atoms with E-state index in [9.17, 15) is 26.3 Å². The van der Waals surface area contributed by atoms with Crippen molar-refractivity contribution in [1.82, 2.24) is 0 Å². The van der Waals surface area contributed by atoms with Crippen LogP contribution < -0.4 is 0 Å². The van der Waals surface area contributed by atoms with Crippen LogP contribution >= 0.6 is 0 Å². The zero-order chi connectivity index (χ0) is 9.28. The third-order valence-corrected chi connectivity index (χ3v) is 1.08. The summed E-state index contributed by atoms with van der Waals surface area (Å²) in [6, 6.07) is 0. The molecule has 67 valence electrons. The maximum atomic E-state index is 11.9. The van der Waals surface area contributed by atoms with E-state index in [0.29, 0.717) is 0 Å². The second-order valence-corrected chi connectivity index (χ2v) is 1.97. The average Bonchev–Trinajstić information content (AvgIpc) is 1.87. The van der Waals surface area contributed by atoms with Gasteiger partial charge in [0, 0.05) is 0 Å². The minimum absolute atomic E-state index is 0.234. The number of halogens is 6. The summed E-state index contributed by atoms with van der Waals surface area (Å²) in [7, 11) is 0. The van der Waals surface area contributed by atoms with Crippen LogP contribution in [0.4, 0.5) is 26.3 Å². The highest BCUT2D eigenvalue weighted by Crippen LogP contribution is 2.40. The van der Waals surface area contributed by atoms with Gasteiger partial charge in [0.05, 0.1) is 0 Å². The number of alkyl halides is 5. The molecule has 1 atom stereocenters. The molecule has 0 aromatic carbocycles. The molecule has 0 saturated heterocycles. The second-order valence-electron chi connectivity index (χ2n) is 1.97. The Kier molecular flexibility index (Phi) is 2.79. The van der Waals surface area contributed by atoms with Gasteiger partial charge >= 0.3 is 11.8 Å². The van der Waals surface area contributed by atoms with Crippen LogP contribution in [-0.2, 0) is 0 Å². The van der Waals surface area contributed by atoms with Crippen LogP contribution in [0.5, 0.6) is 0 Å². The molecule has 0 bridgehead atoms. The molecule has 0 nitrogen and oxygen atoms in total. The average molecular weight is 179 g/mol. The molecule has 6 heteroatoms. The molecule has 11 heavy (non-hydrogen) atoms. The van der Waals surface area contributed by atoms with E-state index < -0.39 is 24.7 Å². The summed E-state index contributed by atoms with van der Waals surface area (Å²) >= 11 is 0. The fraction of sp³-hybridized carbons (Fsp3) is 0.800. The zero-order valence-corrected chi connectivity index (χ0v) is 5.42. The Hall–Kier alpha value is -0.420. The zero-order valence-electron chi connectivity index (χ0n) is 5.42. The third-order valence-electron chi connectivity index (χ3n) is 1.08. The normalized spacial score (nSPS) is 16.6. The first-order valence-electron chi connectivity index (χ1n) is 2.60. The van der Waals surface area contributed by atoms with Gasteiger partial charge in [-0.25, -0.2) is 8.78 Å². The lowest BCUT2D eigenvalue weighted by atomic mass is 10.1. The highest BCUT2D eigenvalue weighted by molar-refractivity contribution is 4.94. The Morgan fingerprint density at radius 1 is 1.18 bits per heavy atom. The minimum Gasteiger partial charge on any atom is -0.241 e. The Labute approximate surface area is 59.2 Å². The molecule has 0 aliphatic heterocycles. The van der Waals surface area contributed by atoms with Gasteiger partial charge in [0.1, 0.15) is 0 Å².